The second kappa shape index (κ2) is 15.4. The highest BCUT2D eigenvalue weighted by molar-refractivity contribution is 6.23. The summed E-state index contributed by atoms with van der Waals surface area (Å²) in [5.74, 6) is -9.19. The summed E-state index contributed by atoms with van der Waals surface area (Å²) in [5, 5.41) is 58.2. The molecule has 0 saturated carbocycles. The van der Waals surface area contributed by atoms with Crippen LogP contribution < -0.4 is 10.1 Å². The molecule has 3 aliphatic rings. The Hall–Kier alpha value is -4.92. The average molecular weight is 726 g/mol. The molecule has 0 aliphatic carbocycles. The minimum Gasteiger partial charge on any atom is -0.507 e. The quantitative estimate of drug-likeness (QED) is 0.111. The lowest BCUT2D eigenvalue weighted by atomic mass is 9.78. The van der Waals surface area contributed by atoms with Gasteiger partial charge >= 0.3 is 11.8 Å². The van der Waals surface area contributed by atoms with Crippen LogP contribution in [0.1, 0.15) is 74.7 Å². The number of anilines is 1. The number of benzene rings is 2. The van der Waals surface area contributed by atoms with Crippen LogP contribution >= 0.6 is 0 Å². The Labute approximate surface area is 301 Å². The van der Waals surface area contributed by atoms with Crippen LogP contribution in [0.5, 0.6) is 23.0 Å². The number of allylic oxidation sites excluding steroid dienone is 2. The zero-order chi connectivity index (χ0) is 39.0. The van der Waals surface area contributed by atoms with Crippen molar-refractivity contribution in [2.45, 2.75) is 85.6 Å². The van der Waals surface area contributed by atoms with Gasteiger partial charge in [-0.05, 0) is 19.9 Å². The van der Waals surface area contributed by atoms with Crippen molar-refractivity contribution in [2.75, 3.05) is 12.4 Å². The third-order valence-electron chi connectivity index (χ3n) is 10.2. The lowest BCUT2D eigenvalue weighted by Gasteiger charge is -2.38. The van der Waals surface area contributed by atoms with Crippen molar-refractivity contribution in [1.82, 2.24) is 0 Å². The zero-order valence-electron chi connectivity index (χ0n) is 30.6. The number of amides is 1. The summed E-state index contributed by atoms with van der Waals surface area (Å²) in [6.45, 7) is 12.2. The van der Waals surface area contributed by atoms with Crippen LogP contribution in [0.25, 0.3) is 10.8 Å². The number of carbonyl (C=O) groups is 4. The highest BCUT2D eigenvalue weighted by atomic mass is 16.7. The first-order valence-electron chi connectivity index (χ1n) is 16.9. The Bertz CT molecular complexity index is 1860. The topological polar surface area (TPSA) is 218 Å². The van der Waals surface area contributed by atoms with Crippen molar-refractivity contribution in [3.8, 4) is 23.0 Å². The van der Waals surface area contributed by atoms with E-state index < -0.39 is 111 Å². The molecule has 5 rings (SSSR count). The minimum absolute atomic E-state index is 0.00425. The summed E-state index contributed by atoms with van der Waals surface area (Å²) < 4.78 is 23.1. The van der Waals surface area contributed by atoms with E-state index in [1.165, 1.54) is 53.0 Å². The number of nitrogens with one attached hydrogen (secondary N) is 1. The Balaban J connectivity index is 1.93. The summed E-state index contributed by atoms with van der Waals surface area (Å²) >= 11 is 0. The number of fused-ring (bicyclic) bond motifs is 14. The molecule has 5 bridgehead atoms. The van der Waals surface area contributed by atoms with Gasteiger partial charge in [0.05, 0.1) is 46.8 Å². The Morgan fingerprint density at radius 1 is 0.942 bits per heavy atom. The number of aliphatic hydroxyl groups is 2. The van der Waals surface area contributed by atoms with E-state index in [1.807, 2.05) is 0 Å². The fourth-order valence-electron chi connectivity index (χ4n) is 6.86. The number of rotatable bonds is 3. The van der Waals surface area contributed by atoms with E-state index >= 15 is 0 Å². The summed E-state index contributed by atoms with van der Waals surface area (Å²) in [6.07, 6.45) is 3.41. The number of phenolic OH excluding ortho intramolecular Hbond substituents is 3. The van der Waals surface area contributed by atoms with Crippen LogP contribution in [0, 0.1) is 30.6 Å². The smallest absolute Gasteiger partial charge is 0.312 e. The summed E-state index contributed by atoms with van der Waals surface area (Å²) in [7, 11) is 1.41. The van der Waals surface area contributed by atoms with E-state index in [1.54, 1.807) is 33.8 Å². The number of carbonyl (C=O) groups excluding carboxylic acids is 4. The molecule has 282 valence electrons. The van der Waals surface area contributed by atoms with Crippen LogP contribution in [0.4, 0.5) is 5.69 Å². The molecule has 9 atom stereocenters. The molecule has 3 heterocycles. The summed E-state index contributed by atoms with van der Waals surface area (Å²) in [6, 6.07) is 0. The van der Waals surface area contributed by atoms with Gasteiger partial charge in [0.25, 0.3) is 11.7 Å². The fourth-order valence-corrected chi connectivity index (χ4v) is 6.86. The maximum atomic E-state index is 14.0. The normalized spacial score (nSPS) is 30.1. The molecule has 52 heavy (non-hydrogen) atoms. The molecular formula is C38H47NO13. The minimum atomic E-state index is -2.08. The number of hydrogen-bond acceptors (Lipinski definition) is 13. The largest absolute Gasteiger partial charge is 0.507 e. The van der Waals surface area contributed by atoms with Gasteiger partial charge in [-0.1, -0.05) is 45.9 Å². The van der Waals surface area contributed by atoms with Gasteiger partial charge in [-0.15, -0.1) is 0 Å². The first kappa shape index (κ1) is 39.9. The number of aliphatic hydroxyl groups excluding tert-OH is 2. The molecule has 2 aromatic carbocycles. The predicted molar refractivity (Wildman–Crippen MR) is 189 cm³/mol. The SMILES string of the molecule is COC1C=CO[C@@]2(C)Oc3c(C)c(O)c4c(O)c(c(C=O)c(O)c4c3C2=O)NC(=O)C(C)=CC=CC(C)C(O)C(C)C(O)C(C)C(OC(C)=O)C1C. The van der Waals surface area contributed by atoms with Gasteiger partial charge < -0.3 is 49.8 Å². The van der Waals surface area contributed by atoms with Crippen LogP contribution in [0.3, 0.4) is 0 Å². The predicted octanol–water partition coefficient (Wildman–Crippen LogP) is 4.57. The number of phenols is 3. The molecule has 8 unspecified atom stereocenters. The molecule has 2 aromatic rings. The van der Waals surface area contributed by atoms with Crippen LogP contribution in [-0.4, -0.2) is 86.8 Å². The van der Waals surface area contributed by atoms with Gasteiger partial charge in [-0.2, -0.15) is 0 Å². The molecule has 6 N–H and O–H groups in total. The van der Waals surface area contributed by atoms with Gasteiger partial charge in [0.2, 0.25) is 0 Å². The van der Waals surface area contributed by atoms with E-state index in [2.05, 4.69) is 5.32 Å². The summed E-state index contributed by atoms with van der Waals surface area (Å²) in [4.78, 5) is 51.8. The van der Waals surface area contributed by atoms with Crippen molar-refractivity contribution in [3.05, 3.63) is 52.8 Å². The van der Waals surface area contributed by atoms with E-state index in [4.69, 9.17) is 18.9 Å². The summed E-state index contributed by atoms with van der Waals surface area (Å²) in [5.41, 5.74) is -1.27. The first-order chi connectivity index (χ1) is 24.3. The number of aromatic hydroxyl groups is 3. The molecule has 3 aliphatic heterocycles. The van der Waals surface area contributed by atoms with Gasteiger partial charge in [0, 0.05) is 61.2 Å². The number of aldehydes is 1. The molecular weight excluding hydrogens is 678 g/mol. The van der Waals surface area contributed by atoms with Crippen molar-refractivity contribution in [1.29, 1.82) is 0 Å². The Morgan fingerprint density at radius 3 is 2.19 bits per heavy atom. The maximum Gasteiger partial charge on any atom is 0.312 e. The Morgan fingerprint density at radius 2 is 1.60 bits per heavy atom. The van der Waals surface area contributed by atoms with Crippen molar-refractivity contribution >= 4 is 40.4 Å². The zero-order valence-corrected chi connectivity index (χ0v) is 30.6. The second-order valence-electron chi connectivity index (χ2n) is 13.7. The molecule has 0 saturated heterocycles. The number of hydrogen-bond donors (Lipinski definition) is 6. The highest BCUT2D eigenvalue weighted by Gasteiger charge is 2.50. The third-order valence-corrected chi connectivity index (χ3v) is 10.2. The van der Waals surface area contributed by atoms with Crippen LogP contribution in [-0.2, 0) is 23.8 Å². The lowest BCUT2D eigenvalue weighted by Crippen LogP contribution is -2.46. The van der Waals surface area contributed by atoms with Crippen LogP contribution in [0.2, 0.25) is 0 Å². The molecule has 0 radical (unpaired) electrons. The highest BCUT2D eigenvalue weighted by Crippen LogP contribution is 2.55. The molecule has 0 spiro atoms. The maximum absolute atomic E-state index is 14.0. The molecule has 14 nitrogen and oxygen atoms in total. The van der Waals surface area contributed by atoms with Crippen molar-refractivity contribution < 1.29 is 63.7 Å². The monoisotopic (exact) mass is 725 g/mol. The molecule has 14 heteroatoms. The second-order valence-corrected chi connectivity index (χ2v) is 13.7. The van der Waals surface area contributed by atoms with E-state index in [-0.39, 0.29) is 28.7 Å². The fraction of sp³-hybridized carbons (Fsp3) is 0.474. The van der Waals surface area contributed by atoms with E-state index in [9.17, 15) is 44.7 Å². The number of esters is 1. The van der Waals surface area contributed by atoms with E-state index in [0.29, 0.717) is 0 Å². The number of Topliss-reactive ketones (excluding diaryl/α,β-unsaturated/α-hetero) is 1. The number of methoxy groups -OCH3 is 1. The van der Waals surface area contributed by atoms with E-state index in [0.717, 1.165) is 6.26 Å². The third kappa shape index (κ3) is 7.10. The molecule has 1 amide bonds. The standard InChI is InChI=1S/C38H47NO13/c1-16-11-10-12-17(2)37(48)39-28-23(15-40)32(45)25-26(33(28)46)31(44)21(6)35-27(25)36(47)38(8,52-35)50-14-13-24(49-9)18(3)34(51-22(7)41)20(5)30(43)19(4)29(16)42/h10-16,18-20,24,29-30,34,42-46H,1-9H3,(H,39,48)/t16?,18?,19?,20?,24?,29?,30?,34?,38-/m0/s1. The van der Waals surface area contributed by atoms with Crippen molar-refractivity contribution in [2.24, 2.45) is 23.7 Å². The molecule has 0 aromatic heterocycles. The van der Waals surface area contributed by atoms with Crippen molar-refractivity contribution in [3.63, 3.8) is 0 Å². The first-order valence-corrected chi connectivity index (χ1v) is 16.9. The lowest BCUT2D eigenvalue weighted by molar-refractivity contribution is -0.160. The number of ketones is 1. The average Bonchev–Trinajstić information content (AvgIpc) is 3.36. The number of ether oxygens (including phenoxy) is 4. The van der Waals surface area contributed by atoms with Gasteiger partial charge in [-0.25, -0.2) is 0 Å². The van der Waals surface area contributed by atoms with Gasteiger partial charge in [-0.3, -0.25) is 19.2 Å². The Kier molecular flexibility index (Phi) is 11.8. The van der Waals surface area contributed by atoms with Crippen LogP contribution in [0.15, 0.2) is 36.1 Å². The molecule has 0 fully saturated rings. The van der Waals surface area contributed by atoms with Gasteiger partial charge in [0.1, 0.15) is 23.4 Å². The van der Waals surface area contributed by atoms with Gasteiger partial charge in [0.15, 0.2) is 12.0 Å².